The maximum atomic E-state index is 5.83. The Balaban J connectivity index is 1.43. The highest BCUT2D eigenvalue weighted by Crippen LogP contribution is 2.19. The Morgan fingerprint density at radius 3 is 2.52 bits per heavy atom. The van der Waals surface area contributed by atoms with Crippen LogP contribution in [0.2, 0.25) is 0 Å². The number of aromatic nitrogens is 4. The van der Waals surface area contributed by atoms with Crippen LogP contribution in [0.3, 0.4) is 0 Å². The van der Waals surface area contributed by atoms with E-state index in [0.717, 1.165) is 44.3 Å². The highest BCUT2D eigenvalue weighted by atomic mass is 16.5. The molecule has 2 saturated heterocycles. The first kappa shape index (κ1) is 19.3. The van der Waals surface area contributed by atoms with Gasteiger partial charge in [0.25, 0.3) is 0 Å². The first-order valence-electron chi connectivity index (χ1n) is 11.3. The van der Waals surface area contributed by atoms with Crippen LogP contribution in [0.1, 0.15) is 70.7 Å². The highest BCUT2D eigenvalue weighted by molar-refractivity contribution is 4.89. The first-order valence-corrected chi connectivity index (χ1v) is 11.3. The zero-order valence-corrected chi connectivity index (χ0v) is 17.2. The summed E-state index contributed by atoms with van der Waals surface area (Å²) in [5.41, 5.74) is 0. The van der Waals surface area contributed by atoms with E-state index >= 15 is 0 Å². The van der Waals surface area contributed by atoms with Gasteiger partial charge in [0.1, 0.15) is 26.2 Å². The predicted molar refractivity (Wildman–Crippen MR) is 103 cm³/mol. The second kappa shape index (κ2) is 8.97. The predicted octanol–water partition coefficient (Wildman–Crippen LogP) is -0.335. The third-order valence-electron chi connectivity index (χ3n) is 6.94. The number of ether oxygens (including phenoxy) is 1. The number of hydrogen-bond acceptors (Lipinski definition) is 4. The van der Waals surface area contributed by atoms with Crippen molar-refractivity contribution in [3.63, 3.8) is 0 Å². The van der Waals surface area contributed by atoms with E-state index in [4.69, 9.17) is 4.74 Å². The fraction of sp³-hybridized carbons (Fsp3) is 0.950. The van der Waals surface area contributed by atoms with Crippen molar-refractivity contribution in [2.45, 2.75) is 83.5 Å². The van der Waals surface area contributed by atoms with Crippen LogP contribution >= 0.6 is 0 Å². The normalized spacial score (nSPS) is 31.0. The molecular formula is C20H38N6O+2. The summed E-state index contributed by atoms with van der Waals surface area (Å²) in [4.78, 5) is 3.55. The number of nitrogens with one attached hydrogen (secondary N) is 2. The van der Waals surface area contributed by atoms with Crippen molar-refractivity contribution in [1.29, 1.82) is 0 Å². The fourth-order valence-corrected chi connectivity index (χ4v) is 5.48. The van der Waals surface area contributed by atoms with Gasteiger partial charge in [-0.05, 0) is 54.9 Å². The summed E-state index contributed by atoms with van der Waals surface area (Å²) in [5, 5.41) is 12.9. The molecule has 2 aliphatic heterocycles. The van der Waals surface area contributed by atoms with Gasteiger partial charge in [-0.2, -0.15) is 0 Å². The summed E-state index contributed by atoms with van der Waals surface area (Å²) < 4.78 is 7.88. The summed E-state index contributed by atoms with van der Waals surface area (Å²) in [6.45, 7) is 11.4. The van der Waals surface area contributed by atoms with Gasteiger partial charge in [-0.25, -0.2) is 4.68 Å². The number of nitrogens with zero attached hydrogens (tertiary/aromatic N) is 4. The molecule has 7 heteroatoms. The van der Waals surface area contributed by atoms with Gasteiger partial charge < -0.3 is 14.5 Å². The van der Waals surface area contributed by atoms with Crippen LogP contribution in [-0.4, -0.2) is 65.1 Å². The largest absolute Gasteiger partial charge is 0.376 e. The highest BCUT2D eigenvalue weighted by Gasteiger charge is 2.37. The van der Waals surface area contributed by atoms with E-state index in [1.807, 2.05) is 9.58 Å². The van der Waals surface area contributed by atoms with Gasteiger partial charge in [0, 0.05) is 13.0 Å². The third kappa shape index (κ3) is 4.69. The standard InChI is InChI=1S/C20H36N6O/c1-16(2)14-19(20-21-22-23-26(20)15-18-8-5-13-27-18)25-11-9-24(10-12-25)17-6-3-4-7-17/h16-19H,3-15H2,1-2H3/p+2/t18-,19-/m1/s1. The van der Waals surface area contributed by atoms with Gasteiger partial charge in [0.15, 0.2) is 6.04 Å². The summed E-state index contributed by atoms with van der Waals surface area (Å²) in [7, 11) is 0. The van der Waals surface area contributed by atoms with Crippen molar-refractivity contribution in [2.75, 3.05) is 32.8 Å². The topological polar surface area (TPSA) is 61.7 Å². The molecule has 0 amide bonds. The third-order valence-corrected chi connectivity index (χ3v) is 6.94. The number of quaternary nitrogens is 2. The van der Waals surface area contributed by atoms with Crippen LogP contribution < -0.4 is 9.80 Å². The lowest BCUT2D eigenvalue weighted by Gasteiger charge is -2.36. The maximum absolute atomic E-state index is 5.83. The summed E-state index contributed by atoms with van der Waals surface area (Å²) in [5.74, 6) is 1.73. The van der Waals surface area contributed by atoms with Gasteiger partial charge in [-0.3, -0.25) is 0 Å². The Morgan fingerprint density at radius 1 is 1.07 bits per heavy atom. The summed E-state index contributed by atoms with van der Waals surface area (Å²) in [6.07, 6.45) is 9.50. The number of tetrazole rings is 1. The SMILES string of the molecule is CC(C)C[C@H](c1nnnn1C[C@H]1CCCO1)[NH+]1CC[NH+](C2CCCC2)CC1. The second-order valence-electron chi connectivity index (χ2n) is 9.33. The van der Waals surface area contributed by atoms with Gasteiger partial charge in [0.05, 0.1) is 18.7 Å². The minimum absolute atomic E-state index is 0.283. The summed E-state index contributed by atoms with van der Waals surface area (Å²) in [6, 6.07) is 1.34. The molecule has 3 fully saturated rings. The van der Waals surface area contributed by atoms with Crippen LogP contribution in [0.15, 0.2) is 0 Å². The van der Waals surface area contributed by atoms with Gasteiger partial charge in [0.2, 0.25) is 5.82 Å². The number of rotatable bonds is 7. The van der Waals surface area contributed by atoms with Crippen molar-refractivity contribution in [3.8, 4) is 0 Å². The van der Waals surface area contributed by atoms with E-state index < -0.39 is 0 Å². The average Bonchev–Trinajstić information content (AvgIpc) is 3.43. The van der Waals surface area contributed by atoms with Gasteiger partial charge in [-0.15, -0.1) is 5.10 Å². The lowest BCUT2D eigenvalue weighted by atomic mass is 10.0. The smallest absolute Gasteiger partial charge is 0.209 e. The van der Waals surface area contributed by atoms with E-state index in [9.17, 15) is 0 Å². The zero-order chi connectivity index (χ0) is 18.6. The lowest BCUT2D eigenvalue weighted by Crippen LogP contribution is -3.29. The molecule has 2 N–H and O–H groups in total. The van der Waals surface area contributed by atoms with Crippen molar-refractivity contribution in [3.05, 3.63) is 5.82 Å². The molecule has 1 aromatic rings. The van der Waals surface area contributed by atoms with Crippen LogP contribution in [0.4, 0.5) is 0 Å². The molecule has 7 nitrogen and oxygen atoms in total. The maximum Gasteiger partial charge on any atom is 0.209 e. The first-order chi connectivity index (χ1) is 13.2. The molecule has 1 aromatic heterocycles. The Bertz CT molecular complexity index is 571. The molecule has 0 spiro atoms. The van der Waals surface area contributed by atoms with Crippen LogP contribution in [0.5, 0.6) is 0 Å². The lowest BCUT2D eigenvalue weighted by molar-refractivity contribution is -1.04. The molecule has 152 valence electrons. The van der Waals surface area contributed by atoms with Crippen LogP contribution in [-0.2, 0) is 11.3 Å². The summed E-state index contributed by atoms with van der Waals surface area (Å²) >= 11 is 0. The second-order valence-corrected chi connectivity index (χ2v) is 9.33. The molecule has 1 saturated carbocycles. The Kier molecular flexibility index (Phi) is 6.40. The molecule has 27 heavy (non-hydrogen) atoms. The van der Waals surface area contributed by atoms with Gasteiger partial charge in [-0.1, -0.05) is 13.8 Å². The van der Waals surface area contributed by atoms with E-state index in [-0.39, 0.29) is 6.10 Å². The van der Waals surface area contributed by atoms with Gasteiger partial charge >= 0.3 is 0 Å². The Hall–Kier alpha value is -1.05. The minimum atomic E-state index is 0.283. The average molecular weight is 379 g/mol. The van der Waals surface area contributed by atoms with Crippen molar-refractivity contribution in [2.24, 2.45) is 5.92 Å². The molecule has 3 heterocycles. The molecular weight excluding hydrogens is 340 g/mol. The van der Waals surface area contributed by atoms with Crippen LogP contribution in [0.25, 0.3) is 0 Å². The molecule has 3 aliphatic rings. The molecule has 0 bridgehead atoms. The van der Waals surface area contributed by atoms with Crippen molar-refractivity contribution >= 4 is 0 Å². The number of hydrogen-bond donors (Lipinski definition) is 2. The van der Waals surface area contributed by atoms with Crippen molar-refractivity contribution < 1.29 is 14.5 Å². The quantitative estimate of drug-likeness (QED) is 0.682. The fourth-order valence-electron chi connectivity index (χ4n) is 5.48. The van der Waals surface area contributed by atoms with E-state index in [1.54, 1.807) is 4.90 Å². The monoisotopic (exact) mass is 378 g/mol. The minimum Gasteiger partial charge on any atom is -0.376 e. The van der Waals surface area contributed by atoms with E-state index in [1.165, 1.54) is 51.9 Å². The molecule has 1 aliphatic carbocycles. The Labute approximate surface area is 163 Å². The molecule has 0 aromatic carbocycles. The molecule has 2 atom stereocenters. The molecule has 0 radical (unpaired) electrons. The van der Waals surface area contributed by atoms with Crippen molar-refractivity contribution in [1.82, 2.24) is 20.2 Å². The molecule has 4 rings (SSSR count). The zero-order valence-electron chi connectivity index (χ0n) is 17.2. The van der Waals surface area contributed by atoms with E-state index in [0.29, 0.717) is 12.0 Å². The Morgan fingerprint density at radius 2 is 1.85 bits per heavy atom. The van der Waals surface area contributed by atoms with E-state index in [2.05, 4.69) is 29.4 Å². The molecule has 0 unspecified atom stereocenters. The number of piperazine rings is 1. The van der Waals surface area contributed by atoms with Crippen LogP contribution in [0, 0.1) is 5.92 Å².